The molecule has 1 aliphatic rings. The Balaban J connectivity index is 1.96. The lowest BCUT2D eigenvalue weighted by Crippen LogP contribution is -2.60. The van der Waals surface area contributed by atoms with Gasteiger partial charge < -0.3 is 36.2 Å². The van der Waals surface area contributed by atoms with Crippen LogP contribution in [-0.2, 0) is 46.4 Å². The topological polar surface area (TPSA) is 200 Å². The molecule has 276 valence electrons. The van der Waals surface area contributed by atoms with E-state index in [-0.39, 0.29) is 30.6 Å². The summed E-state index contributed by atoms with van der Waals surface area (Å²) in [6, 6.07) is 12.3. The maximum Gasteiger partial charge on any atom is 0.305 e. The molecule has 5 atom stereocenters. The van der Waals surface area contributed by atoms with Gasteiger partial charge in [-0.3, -0.25) is 33.6 Å². The fraction of sp³-hybridized carbons (Fsp3) is 0.486. The predicted octanol–water partition coefficient (Wildman–Crippen LogP) is 1.11. The van der Waals surface area contributed by atoms with Crippen molar-refractivity contribution in [2.24, 2.45) is 11.7 Å². The van der Waals surface area contributed by atoms with Crippen LogP contribution in [0.5, 0.6) is 0 Å². The molecule has 5 N–H and O–H groups in total. The Morgan fingerprint density at radius 2 is 1.41 bits per heavy atom. The maximum atomic E-state index is 14.3. The molecule has 2 aromatic rings. The molecule has 0 aromatic heterocycles. The van der Waals surface area contributed by atoms with Gasteiger partial charge in [0.1, 0.15) is 30.2 Å². The minimum atomic E-state index is -1.47. The lowest BCUT2D eigenvalue weighted by molar-refractivity contribution is -0.149. The van der Waals surface area contributed by atoms with Gasteiger partial charge in [0.05, 0.1) is 6.42 Å². The van der Waals surface area contributed by atoms with Crippen LogP contribution in [0.15, 0.2) is 60.7 Å². The Kier molecular flexibility index (Phi) is 14.7. The Morgan fingerprint density at radius 3 is 1.92 bits per heavy atom. The number of carboxylic acid groups (broad SMARTS) is 1. The summed E-state index contributed by atoms with van der Waals surface area (Å²) in [5.41, 5.74) is 6.88. The average molecular weight is 707 g/mol. The van der Waals surface area contributed by atoms with E-state index in [0.29, 0.717) is 31.4 Å². The van der Waals surface area contributed by atoms with Gasteiger partial charge in [0.25, 0.3) is 0 Å². The summed E-state index contributed by atoms with van der Waals surface area (Å²) in [5, 5.41) is 14.9. The van der Waals surface area contributed by atoms with E-state index < -0.39 is 66.2 Å². The third-order valence-electron chi connectivity index (χ3n) is 9.00. The summed E-state index contributed by atoms with van der Waals surface area (Å²) < 4.78 is 0. The second-order valence-electron chi connectivity index (χ2n) is 13.4. The number of primary amides is 1. The van der Waals surface area contributed by atoms with E-state index >= 15 is 0 Å². The number of aliphatic carboxylic acids is 1. The molecule has 14 nitrogen and oxygen atoms in total. The first-order valence-electron chi connectivity index (χ1n) is 17.1. The fourth-order valence-corrected chi connectivity index (χ4v) is 6.37. The van der Waals surface area contributed by atoms with Gasteiger partial charge in [-0.1, -0.05) is 74.5 Å². The molecule has 1 saturated heterocycles. The number of likely N-dealkylation sites (tertiary alicyclic amines) is 1. The van der Waals surface area contributed by atoms with Crippen LogP contribution in [0, 0.1) is 5.92 Å². The molecule has 2 aromatic carbocycles. The van der Waals surface area contributed by atoms with E-state index in [0.717, 1.165) is 10.5 Å². The number of nitrogens with one attached hydrogen (secondary N) is 2. The molecule has 0 saturated carbocycles. The molecular formula is C37H50N6O8. The lowest BCUT2D eigenvalue weighted by atomic mass is 9.99. The first kappa shape index (κ1) is 40.2. The summed E-state index contributed by atoms with van der Waals surface area (Å²) in [6.45, 7) is 5.51. The van der Waals surface area contributed by atoms with Gasteiger partial charge in [0, 0.05) is 40.4 Å². The third-order valence-corrected chi connectivity index (χ3v) is 9.00. The van der Waals surface area contributed by atoms with Crippen molar-refractivity contribution in [1.29, 1.82) is 0 Å². The molecule has 1 fully saturated rings. The van der Waals surface area contributed by atoms with E-state index in [4.69, 9.17) is 5.73 Å². The smallest absolute Gasteiger partial charge is 0.305 e. The van der Waals surface area contributed by atoms with Gasteiger partial charge >= 0.3 is 5.97 Å². The molecule has 14 heteroatoms. The van der Waals surface area contributed by atoms with Crippen molar-refractivity contribution in [2.75, 3.05) is 20.6 Å². The second-order valence-corrected chi connectivity index (χ2v) is 13.4. The molecule has 0 bridgehead atoms. The highest BCUT2D eigenvalue weighted by molar-refractivity contribution is 5.97. The van der Waals surface area contributed by atoms with Crippen molar-refractivity contribution in [3.05, 3.63) is 71.8 Å². The number of benzene rings is 2. The van der Waals surface area contributed by atoms with E-state index in [9.17, 15) is 38.7 Å². The molecule has 0 spiro atoms. The molecule has 3 rings (SSSR count). The Labute approximate surface area is 298 Å². The predicted molar refractivity (Wildman–Crippen MR) is 189 cm³/mol. The van der Waals surface area contributed by atoms with E-state index in [2.05, 4.69) is 10.6 Å². The van der Waals surface area contributed by atoms with Crippen LogP contribution in [0.3, 0.4) is 0 Å². The number of amides is 6. The van der Waals surface area contributed by atoms with Gasteiger partial charge in [-0.2, -0.15) is 0 Å². The number of carboxylic acids is 1. The van der Waals surface area contributed by atoms with E-state index in [1.54, 1.807) is 54.6 Å². The second kappa shape index (κ2) is 18.6. The Bertz CT molecular complexity index is 1550. The first-order chi connectivity index (χ1) is 24.1. The first-order valence-corrected chi connectivity index (χ1v) is 17.1. The summed E-state index contributed by atoms with van der Waals surface area (Å²) in [7, 11) is 2.73. The zero-order chi connectivity index (χ0) is 37.8. The van der Waals surface area contributed by atoms with Crippen LogP contribution in [0.2, 0.25) is 0 Å². The molecule has 0 aliphatic carbocycles. The third kappa shape index (κ3) is 11.4. The van der Waals surface area contributed by atoms with Crippen LogP contribution in [-0.4, -0.2) is 112 Å². The quantitative estimate of drug-likeness (QED) is 0.188. The SMILES string of the molecule is CC(=O)N[C@@H](CC(C)C)C(=O)N1CCC[C@H]1C(=O)N(C)[C@@H](Cc1ccccc1)C(=O)N[C@@H](Cc1ccccc1)C(=O)N(C)[C@@H](CC(=O)O)C(N)=O. The average Bonchev–Trinajstić information content (AvgIpc) is 3.57. The molecule has 6 amide bonds. The number of hydrogen-bond donors (Lipinski definition) is 4. The summed E-state index contributed by atoms with van der Waals surface area (Å²) in [6.07, 6.45) is 0.642. The molecule has 1 heterocycles. The van der Waals surface area contributed by atoms with Crippen LogP contribution < -0.4 is 16.4 Å². The number of rotatable bonds is 17. The summed E-state index contributed by atoms with van der Waals surface area (Å²) in [4.78, 5) is 95.5. The van der Waals surface area contributed by atoms with Gasteiger partial charge in [-0.05, 0) is 36.3 Å². The zero-order valence-corrected chi connectivity index (χ0v) is 29.9. The van der Waals surface area contributed by atoms with Crippen molar-refractivity contribution < 1.29 is 38.7 Å². The highest BCUT2D eigenvalue weighted by atomic mass is 16.4. The Morgan fingerprint density at radius 1 is 0.843 bits per heavy atom. The molecule has 1 aliphatic heterocycles. The van der Waals surface area contributed by atoms with Crippen molar-refractivity contribution in [3.63, 3.8) is 0 Å². The van der Waals surface area contributed by atoms with Crippen molar-refractivity contribution >= 4 is 41.4 Å². The lowest BCUT2D eigenvalue weighted by Gasteiger charge is -2.35. The highest BCUT2D eigenvalue weighted by Gasteiger charge is 2.42. The number of carbonyl (C=O) groups excluding carboxylic acids is 6. The van der Waals surface area contributed by atoms with Crippen LogP contribution in [0.1, 0.15) is 57.6 Å². The van der Waals surface area contributed by atoms with Crippen LogP contribution in [0.25, 0.3) is 0 Å². The van der Waals surface area contributed by atoms with Crippen LogP contribution >= 0.6 is 0 Å². The largest absolute Gasteiger partial charge is 0.481 e. The molecular weight excluding hydrogens is 656 g/mol. The molecule has 0 radical (unpaired) electrons. The fourth-order valence-electron chi connectivity index (χ4n) is 6.37. The number of nitrogens with two attached hydrogens (primary N) is 1. The normalized spacial score (nSPS) is 16.4. The van der Waals surface area contributed by atoms with Crippen molar-refractivity contribution in [3.8, 4) is 0 Å². The minimum Gasteiger partial charge on any atom is -0.481 e. The number of carbonyl (C=O) groups is 7. The van der Waals surface area contributed by atoms with E-state index in [1.165, 1.54) is 30.8 Å². The number of hydrogen-bond acceptors (Lipinski definition) is 7. The zero-order valence-electron chi connectivity index (χ0n) is 29.9. The maximum absolute atomic E-state index is 14.3. The standard InChI is InChI=1S/C37H50N6O8/c1-23(2)19-27(39-24(3)44)36(50)43-18-12-17-29(43)37(51)42(5)31(21-26-15-10-7-11-16-26)34(48)40-28(20-25-13-8-6-9-14-25)35(49)41(4)30(33(38)47)22-32(45)46/h6-11,13-16,23,27-31H,12,17-22H2,1-5H3,(H2,38,47)(H,39,44)(H,40,48)(H,45,46)/t27-,28-,29-,30-,31-/m0/s1. The van der Waals surface area contributed by atoms with Gasteiger partial charge in [-0.25, -0.2) is 0 Å². The van der Waals surface area contributed by atoms with E-state index in [1.807, 2.05) is 19.9 Å². The van der Waals surface area contributed by atoms with Crippen LogP contribution in [0.4, 0.5) is 0 Å². The van der Waals surface area contributed by atoms with Gasteiger partial charge in [0.15, 0.2) is 0 Å². The summed E-state index contributed by atoms with van der Waals surface area (Å²) in [5.74, 6) is -4.87. The van der Waals surface area contributed by atoms with Crippen molar-refractivity contribution in [2.45, 2.75) is 89.5 Å². The molecule has 51 heavy (non-hydrogen) atoms. The molecule has 0 unspecified atom stereocenters. The monoisotopic (exact) mass is 706 g/mol. The summed E-state index contributed by atoms with van der Waals surface area (Å²) >= 11 is 0. The Hall–Kier alpha value is -5.27. The van der Waals surface area contributed by atoms with Crippen molar-refractivity contribution in [1.82, 2.24) is 25.3 Å². The number of nitrogens with zero attached hydrogens (tertiary/aromatic N) is 3. The highest BCUT2D eigenvalue weighted by Crippen LogP contribution is 2.23. The number of likely N-dealkylation sites (N-methyl/N-ethyl adjacent to an activating group) is 2. The van der Waals surface area contributed by atoms with Gasteiger partial charge in [-0.15, -0.1) is 0 Å². The minimum absolute atomic E-state index is 0.00465. The van der Waals surface area contributed by atoms with Gasteiger partial charge in [0.2, 0.25) is 35.4 Å².